The first-order valence-electron chi connectivity index (χ1n) is 8.95. The van der Waals surface area contributed by atoms with Gasteiger partial charge >= 0.3 is 0 Å². The molecule has 0 aliphatic carbocycles. The zero-order chi connectivity index (χ0) is 18.7. The molecule has 3 rings (SSSR count). The van der Waals surface area contributed by atoms with Crippen LogP contribution in [0.1, 0.15) is 20.8 Å². The van der Waals surface area contributed by atoms with E-state index in [1.165, 1.54) is 0 Å². The van der Waals surface area contributed by atoms with Gasteiger partial charge in [-0.05, 0) is 50.7 Å². The van der Waals surface area contributed by atoms with Gasteiger partial charge in [0.2, 0.25) is 0 Å². The smallest absolute Gasteiger partial charge is 0.162 e. The Balaban J connectivity index is 2.01. The Bertz CT molecular complexity index is 874. The van der Waals surface area contributed by atoms with E-state index < -0.39 is 0 Å². The molecule has 1 unspecified atom stereocenters. The molecular weight excluding hydrogens is 322 g/mol. The van der Waals surface area contributed by atoms with Gasteiger partial charge in [-0.1, -0.05) is 26.0 Å². The molecule has 136 valence electrons. The molecule has 5 heteroatoms. The molecule has 0 spiro atoms. The number of nitrogens with one attached hydrogen (secondary N) is 1. The Kier molecular flexibility index (Phi) is 5.18. The maximum Gasteiger partial charge on any atom is 0.162 e. The predicted molar refractivity (Wildman–Crippen MR) is 108 cm³/mol. The molecule has 0 saturated heterocycles. The third-order valence-corrected chi connectivity index (χ3v) is 4.79. The van der Waals surface area contributed by atoms with Crippen LogP contribution in [0.2, 0.25) is 0 Å². The summed E-state index contributed by atoms with van der Waals surface area (Å²) in [5.41, 5.74) is 2.00. The standard InChI is InChI=1S/C21H27N5/c1-15(21(2,3)14-26(4)5)23-20-17-8-6-7-9-18(17)24-19(25-20)16-10-12-22-13-11-16/h6-13,15H,14H2,1-5H3,(H,23,24,25). The van der Waals surface area contributed by atoms with Crippen LogP contribution in [0.5, 0.6) is 0 Å². The summed E-state index contributed by atoms with van der Waals surface area (Å²) in [7, 11) is 4.21. The van der Waals surface area contributed by atoms with Crippen LogP contribution in [0.3, 0.4) is 0 Å². The number of anilines is 1. The first-order chi connectivity index (χ1) is 12.4. The van der Waals surface area contributed by atoms with Crippen molar-refractivity contribution in [2.24, 2.45) is 5.41 Å². The molecule has 0 amide bonds. The number of rotatable bonds is 6. The van der Waals surface area contributed by atoms with Crippen LogP contribution < -0.4 is 5.32 Å². The SMILES string of the molecule is CC(Nc1nc(-c2ccncc2)nc2ccccc12)C(C)(C)CN(C)C. The van der Waals surface area contributed by atoms with E-state index in [9.17, 15) is 0 Å². The fourth-order valence-electron chi connectivity index (χ4n) is 3.17. The van der Waals surface area contributed by atoms with Gasteiger partial charge in [0.25, 0.3) is 0 Å². The largest absolute Gasteiger partial charge is 0.366 e. The van der Waals surface area contributed by atoms with Crippen LogP contribution in [0, 0.1) is 5.41 Å². The number of hydrogen-bond donors (Lipinski definition) is 1. The lowest BCUT2D eigenvalue weighted by molar-refractivity contribution is 0.217. The highest BCUT2D eigenvalue weighted by Gasteiger charge is 2.27. The molecule has 0 bridgehead atoms. The van der Waals surface area contributed by atoms with Gasteiger partial charge in [0.1, 0.15) is 5.82 Å². The molecule has 0 fully saturated rings. The summed E-state index contributed by atoms with van der Waals surface area (Å²) in [6.07, 6.45) is 3.54. The van der Waals surface area contributed by atoms with Crippen LogP contribution in [0.4, 0.5) is 5.82 Å². The summed E-state index contributed by atoms with van der Waals surface area (Å²) >= 11 is 0. The number of aromatic nitrogens is 3. The second-order valence-corrected chi connectivity index (χ2v) is 7.74. The highest BCUT2D eigenvalue weighted by atomic mass is 15.1. The first kappa shape index (κ1) is 18.3. The maximum atomic E-state index is 4.84. The van der Waals surface area contributed by atoms with Gasteiger partial charge in [-0.2, -0.15) is 0 Å². The fraction of sp³-hybridized carbons (Fsp3) is 0.381. The molecule has 0 aliphatic rings. The van der Waals surface area contributed by atoms with Crippen LogP contribution in [0.15, 0.2) is 48.8 Å². The molecule has 26 heavy (non-hydrogen) atoms. The molecule has 0 aliphatic heterocycles. The fourth-order valence-corrected chi connectivity index (χ4v) is 3.17. The Morgan fingerprint density at radius 3 is 2.42 bits per heavy atom. The predicted octanol–water partition coefficient (Wildman–Crippen LogP) is 4.08. The van der Waals surface area contributed by atoms with E-state index in [0.717, 1.165) is 28.8 Å². The van der Waals surface area contributed by atoms with E-state index in [-0.39, 0.29) is 11.5 Å². The lowest BCUT2D eigenvalue weighted by atomic mass is 9.85. The van der Waals surface area contributed by atoms with Gasteiger partial charge in [-0.3, -0.25) is 4.98 Å². The van der Waals surface area contributed by atoms with E-state index in [0.29, 0.717) is 5.82 Å². The van der Waals surface area contributed by atoms with Crippen LogP contribution in [0.25, 0.3) is 22.3 Å². The first-order valence-corrected chi connectivity index (χ1v) is 8.95. The molecule has 5 nitrogen and oxygen atoms in total. The Hall–Kier alpha value is -2.53. The lowest BCUT2D eigenvalue weighted by Crippen LogP contribution is -2.41. The van der Waals surface area contributed by atoms with Crippen LogP contribution in [-0.4, -0.2) is 46.5 Å². The summed E-state index contributed by atoms with van der Waals surface area (Å²) in [6.45, 7) is 7.75. The summed E-state index contributed by atoms with van der Waals surface area (Å²) in [5, 5.41) is 4.69. The van der Waals surface area contributed by atoms with Gasteiger partial charge in [0.05, 0.1) is 5.52 Å². The third kappa shape index (κ3) is 3.99. The molecule has 1 aromatic carbocycles. The summed E-state index contributed by atoms with van der Waals surface area (Å²) in [4.78, 5) is 15.9. The summed E-state index contributed by atoms with van der Waals surface area (Å²) in [6, 6.07) is 12.3. The number of benzene rings is 1. The lowest BCUT2D eigenvalue weighted by Gasteiger charge is -2.35. The maximum absolute atomic E-state index is 4.84. The van der Waals surface area contributed by atoms with Crippen molar-refractivity contribution >= 4 is 16.7 Å². The van der Waals surface area contributed by atoms with E-state index >= 15 is 0 Å². The Morgan fingerprint density at radius 2 is 1.73 bits per heavy atom. The van der Waals surface area contributed by atoms with Crippen LogP contribution >= 0.6 is 0 Å². The molecule has 1 atom stereocenters. The van der Waals surface area contributed by atoms with Gasteiger partial charge < -0.3 is 10.2 Å². The number of para-hydroxylation sites is 1. The highest BCUT2D eigenvalue weighted by molar-refractivity contribution is 5.90. The number of pyridine rings is 1. The van der Waals surface area contributed by atoms with Crippen molar-refractivity contribution in [3.63, 3.8) is 0 Å². The van der Waals surface area contributed by atoms with Crippen molar-refractivity contribution in [2.45, 2.75) is 26.8 Å². The number of fused-ring (bicyclic) bond motifs is 1. The van der Waals surface area contributed by atoms with Crippen molar-refractivity contribution in [1.82, 2.24) is 19.9 Å². The van der Waals surface area contributed by atoms with Gasteiger partial charge in [0.15, 0.2) is 5.82 Å². The summed E-state index contributed by atoms with van der Waals surface area (Å²) in [5.74, 6) is 1.59. The molecule has 0 saturated carbocycles. The summed E-state index contributed by atoms with van der Waals surface area (Å²) < 4.78 is 0. The van der Waals surface area contributed by atoms with E-state index in [1.807, 2.05) is 30.3 Å². The highest BCUT2D eigenvalue weighted by Crippen LogP contribution is 2.29. The molecule has 2 heterocycles. The molecular formula is C21H27N5. The Labute approximate surface area is 155 Å². The van der Waals surface area contributed by atoms with E-state index in [4.69, 9.17) is 9.97 Å². The monoisotopic (exact) mass is 349 g/mol. The zero-order valence-corrected chi connectivity index (χ0v) is 16.2. The zero-order valence-electron chi connectivity index (χ0n) is 16.2. The minimum Gasteiger partial charge on any atom is -0.366 e. The normalized spacial score (nSPS) is 13.2. The molecule has 3 aromatic rings. The number of nitrogens with zero attached hydrogens (tertiary/aromatic N) is 4. The van der Waals surface area contributed by atoms with E-state index in [1.54, 1.807) is 12.4 Å². The average Bonchev–Trinajstić information content (AvgIpc) is 2.61. The van der Waals surface area contributed by atoms with Crippen LogP contribution in [-0.2, 0) is 0 Å². The van der Waals surface area contributed by atoms with Gasteiger partial charge in [-0.15, -0.1) is 0 Å². The van der Waals surface area contributed by atoms with Gasteiger partial charge in [-0.25, -0.2) is 9.97 Å². The van der Waals surface area contributed by atoms with Crippen molar-refractivity contribution < 1.29 is 0 Å². The van der Waals surface area contributed by atoms with Crippen molar-refractivity contribution in [3.05, 3.63) is 48.8 Å². The molecule has 0 radical (unpaired) electrons. The minimum absolute atomic E-state index is 0.0897. The van der Waals surface area contributed by atoms with E-state index in [2.05, 4.69) is 56.1 Å². The quantitative estimate of drug-likeness (QED) is 0.727. The average molecular weight is 349 g/mol. The second-order valence-electron chi connectivity index (χ2n) is 7.74. The molecule has 1 N–H and O–H groups in total. The van der Waals surface area contributed by atoms with Crippen molar-refractivity contribution in [1.29, 1.82) is 0 Å². The topological polar surface area (TPSA) is 53.9 Å². The van der Waals surface area contributed by atoms with Gasteiger partial charge in [0, 0.05) is 35.9 Å². The third-order valence-electron chi connectivity index (χ3n) is 4.79. The van der Waals surface area contributed by atoms with Crippen molar-refractivity contribution in [3.8, 4) is 11.4 Å². The second kappa shape index (κ2) is 7.38. The number of hydrogen-bond acceptors (Lipinski definition) is 5. The minimum atomic E-state index is 0.0897. The molecule has 2 aromatic heterocycles. The Morgan fingerprint density at radius 1 is 1.04 bits per heavy atom. The van der Waals surface area contributed by atoms with Crippen molar-refractivity contribution in [2.75, 3.05) is 26.0 Å².